The molecule has 0 unspecified atom stereocenters. The Bertz CT molecular complexity index is 818. The summed E-state index contributed by atoms with van der Waals surface area (Å²) in [6.45, 7) is 4.68. The van der Waals surface area contributed by atoms with Crippen molar-refractivity contribution in [1.29, 1.82) is 0 Å². The number of anilines is 1. The molecule has 0 radical (unpaired) electrons. The van der Waals surface area contributed by atoms with E-state index in [1.165, 1.54) is 17.7 Å². The fourth-order valence-electron chi connectivity index (χ4n) is 2.07. The predicted octanol–water partition coefficient (Wildman–Crippen LogP) is 1.18. The van der Waals surface area contributed by atoms with Crippen LogP contribution in [0.3, 0.4) is 0 Å². The fraction of sp³-hybridized carbons (Fsp3) is 0.400. The molecule has 0 spiro atoms. The quantitative estimate of drug-likeness (QED) is 0.623. The third-order valence-electron chi connectivity index (χ3n) is 3.11. The second kappa shape index (κ2) is 7.88. The average Bonchev–Trinajstić information content (AvgIpc) is 2.88. The number of aromatic nitrogens is 2. The third-order valence-corrected chi connectivity index (χ3v) is 4.29. The number of rotatable bonds is 7. The minimum absolute atomic E-state index is 0.152. The van der Waals surface area contributed by atoms with Crippen LogP contribution in [-0.2, 0) is 14.3 Å². The summed E-state index contributed by atoms with van der Waals surface area (Å²) in [5, 5.41) is 14.3. The van der Waals surface area contributed by atoms with E-state index in [0.717, 1.165) is 0 Å². The lowest BCUT2D eigenvalue weighted by Gasteiger charge is -2.08. The van der Waals surface area contributed by atoms with Crippen LogP contribution in [0.25, 0.3) is 10.2 Å². The largest absolute Gasteiger partial charge is 0.480 e. The molecule has 10 heteroatoms. The lowest BCUT2D eigenvalue weighted by atomic mass is 10.2. The van der Waals surface area contributed by atoms with E-state index in [-0.39, 0.29) is 12.6 Å². The molecule has 25 heavy (non-hydrogen) atoms. The number of carbonyl (C=O) groups is 3. The van der Waals surface area contributed by atoms with Crippen molar-refractivity contribution in [2.45, 2.75) is 26.9 Å². The van der Waals surface area contributed by atoms with E-state index >= 15 is 0 Å². The lowest BCUT2D eigenvalue weighted by Crippen LogP contribution is -2.34. The van der Waals surface area contributed by atoms with Gasteiger partial charge in [-0.2, -0.15) is 0 Å². The normalized spacial score (nSPS) is 10.7. The highest BCUT2D eigenvalue weighted by Crippen LogP contribution is 2.33. The van der Waals surface area contributed by atoms with Crippen molar-refractivity contribution >= 4 is 45.2 Å². The number of aryl methyl sites for hydroxylation is 1. The number of carbonyl (C=O) groups excluding carboxylic acids is 2. The molecule has 134 valence electrons. The van der Waals surface area contributed by atoms with Crippen molar-refractivity contribution in [3.8, 4) is 0 Å². The van der Waals surface area contributed by atoms with Crippen LogP contribution in [0.5, 0.6) is 0 Å². The Balaban J connectivity index is 2.21. The summed E-state index contributed by atoms with van der Waals surface area (Å²) in [5.41, 5.74) is 0.666. The maximum Gasteiger partial charge on any atom is 0.348 e. The zero-order valence-corrected chi connectivity index (χ0v) is 14.8. The Morgan fingerprint density at radius 3 is 2.64 bits per heavy atom. The Morgan fingerprint density at radius 1 is 1.28 bits per heavy atom. The van der Waals surface area contributed by atoms with E-state index in [4.69, 9.17) is 9.84 Å². The van der Waals surface area contributed by atoms with E-state index in [1.54, 1.807) is 20.8 Å². The fourth-order valence-corrected chi connectivity index (χ4v) is 3.10. The number of nitrogens with one attached hydrogen (secondary N) is 2. The number of ether oxygens (including phenoxy) is 1. The van der Waals surface area contributed by atoms with Gasteiger partial charge in [0.05, 0.1) is 18.0 Å². The number of thiophene rings is 1. The highest BCUT2D eigenvalue weighted by atomic mass is 32.1. The van der Waals surface area contributed by atoms with Gasteiger partial charge in [-0.15, -0.1) is 11.3 Å². The minimum atomic E-state index is -1.13. The molecule has 0 saturated heterocycles. The van der Waals surface area contributed by atoms with Gasteiger partial charge in [0.25, 0.3) is 0 Å². The van der Waals surface area contributed by atoms with Crippen molar-refractivity contribution in [2.75, 3.05) is 18.4 Å². The molecular formula is C15H18N4O5S. The molecule has 0 aliphatic heterocycles. The number of hydrogen-bond donors (Lipinski definition) is 3. The number of hydrogen-bond acceptors (Lipinski definition) is 8. The molecule has 2 aromatic rings. The molecule has 0 aliphatic carbocycles. The summed E-state index contributed by atoms with van der Waals surface area (Å²) in [7, 11) is 0. The molecule has 0 saturated carbocycles. The van der Waals surface area contributed by atoms with Crippen molar-refractivity contribution in [3.05, 3.63) is 16.8 Å². The van der Waals surface area contributed by atoms with E-state index in [0.29, 0.717) is 26.5 Å². The average molecular weight is 366 g/mol. The first-order valence-corrected chi connectivity index (χ1v) is 8.28. The molecule has 2 heterocycles. The Morgan fingerprint density at radius 2 is 2.00 bits per heavy atom. The molecule has 0 atom stereocenters. The SMILES string of the molecule is Cc1c(C(=O)OC(C)C)sc2ncnc(NCC(=O)NCC(=O)O)c12. The van der Waals surface area contributed by atoms with Gasteiger partial charge in [-0.1, -0.05) is 0 Å². The molecule has 2 rings (SSSR count). The standard InChI is InChI=1S/C15H18N4O5S/c1-7(2)24-15(23)12-8(3)11-13(18-6-19-14(11)25-12)17-4-9(20)16-5-10(21)22/h6-7H,4-5H2,1-3H3,(H,16,20)(H,21,22)(H,17,18,19). The first kappa shape index (κ1) is 18.6. The third kappa shape index (κ3) is 4.63. The summed E-state index contributed by atoms with van der Waals surface area (Å²) in [6.07, 6.45) is 1.09. The van der Waals surface area contributed by atoms with Gasteiger partial charge < -0.3 is 20.5 Å². The van der Waals surface area contributed by atoms with Gasteiger partial charge in [-0.25, -0.2) is 14.8 Å². The number of carboxylic acids is 1. The molecule has 0 aromatic carbocycles. The van der Waals surface area contributed by atoms with Gasteiger partial charge in [0, 0.05) is 0 Å². The van der Waals surface area contributed by atoms with Crippen LogP contribution in [0.15, 0.2) is 6.33 Å². The van der Waals surface area contributed by atoms with Crippen LogP contribution in [-0.4, -0.2) is 52.1 Å². The Labute approximate surface area is 147 Å². The number of aliphatic carboxylic acids is 1. The first-order valence-electron chi connectivity index (χ1n) is 7.47. The second-order valence-corrected chi connectivity index (χ2v) is 6.44. The van der Waals surface area contributed by atoms with Crippen LogP contribution >= 0.6 is 11.3 Å². The van der Waals surface area contributed by atoms with E-state index < -0.39 is 24.4 Å². The Kier molecular flexibility index (Phi) is 5.86. The van der Waals surface area contributed by atoms with Crippen LogP contribution in [0, 0.1) is 6.92 Å². The van der Waals surface area contributed by atoms with E-state index in [9.17, 15) is 14.4 Å². The summed E-state index contributed by atoms with van der Waals surface area (Å²) < 4.78 is 5.22. The highest BCUT2D eigenvalue weighted by molar-refractivity contribution is 7.20. The highest BCUT2D eigenvalue weighted by Gasteiger charge is 2.21. The van der Waals surface area contributed by atoms with Crippen molar-refractivity contribution in [1.82, 2.24) is 15.3 Å². The predicted molar refractivity (Wildman–Crippen MR) is 91.8 cm³/mol. The van der Waals surface area contributed by atoms with E-state index in [2.05, 4.69) is 20.6 Å². The topological polar surface area (TPSA) is 131 Å². The molecule has 3 N–H and O–H groups in total. The maximum atomic E-state index is 12.2. The second-order valence-electron chi connectivity index (χ2n) is 5.44. The summed E-state index contributed by atoms with van der Waals surface area (Å²) in [6, 6.07) is 0. The molecular weight excluding hydrogens is 348 g/mol. The van der Waals surface area contributed by atoms with Gasteiger partial charge in [0.1, 0.15) is 28.4 Å². The number of esters is 1. The van der Waals surface area contributed by atoms with Gasteiger partial charge >= 0.3 is 11.9 Å². The number of carboxylic acid groups (broad SMARTS) is 1. The molecule has 0 aliphatic rings. The van der Waals surface area contributed by atoms with E-state index in [1.807, 2.05) is 0 Å². The van der Waals surface area contributed by atoms with Crippen LogP contribution in [0.2, 0.25) is 0 Å². The van der Waals surface area contributed by atoms with Crippen LogP contribution in [0.1, 0.15) is 29.1 Å². The summed E-state index contributed by atoms with van der Waals surface area (Å²) in [5.74, 6) is -1.64. The number of nitrogens with zero attached hydrogens (tertiary/aromatic N) is 2. The molecule has 1 amide bonds. The molecule has 2 aromatic heterocycles. The zero-order chi connectivity index (χ0) is 18.6. The van der Waals surface area contributed by atoms with Crippen molar-refractivity contribution in [3.63, 3.8) is 0 Å². The van der Waals surface area contributed by atoms with Crippen molar-refractivity contribution < 1.29 is 24.2 Å². The Hall–Kier alpha value is -2.75. The van der Waals surface area contributed by atoms with Gasteiger partial charge in [0.2, 0.25) is 5.91 Å². The molecule has 9 nitrogen and oxygen atoms in total. The van der Waals surface area contributed by atoms with Gasteiger partial charge in [-0.05, 0) is 26.3 Å². The monoisotopic (exact) mass is 366 g/mol. The van der Waals surface area contributed by atoms with Gasteiger partial charge in [0.15, 0.2) is 0 Å². The minimum Gasteiger partial charge on any atom is -0.480 e. The summed E-state index contributed by atoms with van der Waals surface area (Å²) in [4.78, 5) is 43.5. The molecule has 0 fully saturated rings. The lowest BCUT2D eigenvalue weighted by molar-refractivity contribution is -0.137. The van der Waals surface area contributed by atoms with Gasteiger partial charge in [-0.3, -0.25) is 9.59 Å². The maximum absolute atomic E-state index is 12.2. The molecule has 0 bridgehead atoms. The smallest absolute Gasteiger partial charge is 0.348 e. The first-order chi connectivity index (χ1) is 11.8. The zero-order valence-electron chi connectivity index (χ0n) is 14.0. The van der Waals surface area contributed by atoms with Crippen LogP contribution in [0.4, 0.5) is 5.82 Å². The summed E-state index contributed by atoms with van der Waals surface area (Å²) >= 11 is 1.19. The van der Waals surface area contributed by atoms with Crippen molar-refractivity contribution in [2.24, 2.45) is 0 Å². The number of fused-ring (bicyclic) bond motifs is 1. The van der Waals surface area contributed by atoms with Crippen LogP contribution < -0.4 is 10.6 Å². The number of amides is 1.